The van der Waals surface area contributed by atoms with E-state index in [0.29, 0.717) is 13.1 Å². The molecular weight excluding hydrogens is 276 g/mol. The molecule has 0 saturated heterocycles. The number of carbonyl (C=O) groups is 2. The Morgan fingerprint density at radius 3 is 2.23 bits per heavy atom. The minimum absolute atomic E-state index is 0.108. The van der Waals surface area contributed by atoms with Crippen LogP contribution < -0.4 is 5.32 Å². The summed E-state index contributed by atoms with van der Waals surface area (Å²) in [5.41, 5.74) is 1.07. The molecule has 4 heteroatoms. The lowest BCUT2D eigenvalue weighted by Crippen LogP contribution is -2.54. The number of rotatable bonds is 2. The maximum absolute atomic E-state index is 12.8. The molecule has 0 saturated carbocycles. The van der Waals surface area contributed by atoms with Crippen molar-refractivity contribution in [2.24, 2.45) is 5.41 Å². The Kier molecular flexibility index (Phi) is 4.32. The van der Waals surface area contributed by atoms with Crippen molar-refractivity contribution >= 4 is 11.8 Å². The third-order valence-corrected chi connectivity index (χ3v) is 4.01. The average molecular weight is 302 g/mol. The summed E-state index contributed by atoms with van der Waals surface area (Å²) in [5.74, 6) is -0.326. The molecule has 2 rings (SSSR count). The van der Waals surface area contributed by atoms with E-state index in [2.05, 4.69) is 17.4 Å². The molecule has 0 bridgehead atoms. The second kappa shape index (κ2) is 5.75. The fourth-order valence-corrected chi connectivity index (χ4v) is 2.66. The highest BCUT2D eigenvalue weighted by Gasteiger charge is 2.41. The molecule has 0 unspecified atom stereocenters. The molecule has 1 heterocycles. The SMILES string of the molecule is CC(C)(C)NC(=O)C(C)(C)C(=O)N1CCc2ccccc2C1. The number of benzene rings is 1. The monoisotopic (exact) mass is 302 g/mol. The third-order valence-electron chi connectivity index (χ3n) is 4.01. The van der Waals surface area contributed by atoms with E-state index in [1.54, 1.807) is 18.7 Å². The third kappa shape index (κ3) is 3.49. The van der Waals surface area contributed by atoms with Crippen LogP contribution in [-0.4, -0.2) is 28.8 Å². The Labute approximate surface area is 132 Å². The van der Waals surface area contributed by atoms with Gasteiger partial charge in [0.2, 0.25) is 11.8 Å². The van der Waals surface area contributed by atoms with E-state index in [9.17, 15) is 9.59 Å². The summed E-state index contributed by atoms with van der Waals surface area (Å²) in [6, 6.07) is 8.17. The summed E-state index contributed by atoms with van der Waals surface area (Å²) in [5, 5.41) is 2.91. The Balaban J connectivity index is 2.13. The summed E-state index contributed by atoms with van der Waals surface area (Å²) in [6.45, 7) is 10.4. The zero-order valence-electron chi connectivity index (χ0n) is 14.2. The van der Waals surface area contributed by atoms with Gasteiger partial charge in [0.25, 0.3) is 0 Å². The topological polar surface area (TPSA) is 49.4 Å². The van der Waals surface area contributed by atoms with Crippen LogP contribution in [0.15, 0.2) is 24.3 Å². The average Bonchev–Trinajstić information content (AvgIpc) is 2.44. The van der Waals surface area contributed by atoms with Crippen LogP contribution in [0.5, 0.6) is 0 Å². The highest BCUT2D eigenvalue weighted by molar-refractivity contribution is 6.04. The van der Waals surface area contributed by atoms with Gasteiger partial charge in [0, 0.05) is 18.6 Å². The van der Waals surface area contributed by atoms with Crippen molar-refractivity contribution in [3.63, 3.8) is 0 Å². The Morgan fingerprint density at radius 1 is 1.05 bits per heavy atom. The van der Waals surface area contributed by atoms with E-state index in [4.69, 9.17) is 0 Å². The minimum Gasteiger partial charge on any atom is -0.351 e. The lowest BCUT2D eigenvalue weighted by atomic mass is 9.87. The van der Waals surface area contributed by atoms with E-state index >= 15 is 0 Å². The number of hydrogen-bond donors (Lipinski definition) is 1. The first-order chi connectivity index (χ1) is 10.1. The molecule has 1 aromatic carbocycles. The van der Waals surface area contributed by atoms with Crippen molar-refractivity contribution < 1.29 is 9.59 Å². The highest BCUT2D eigenvalue weighted by Crippen LogP contribution is 2.25. The predicted octanol–water partition coefficient (Wildman–Crippen LogP) is 2.51. The number of amides is 2. The quantitative estimate of drug-likeness (QED) is 0.853. The minimum atomic E-state index is -1.06. The molecule has 0 atom stereocenters. The van der Waals surface area contributed by atoms with Crippen molar-refractivity contribution in [2.45, 2.75) is 53.1 Å². The number of hydrogen-bond acceptors (Lipinski definition) is 2. The molecule has 1 N–H and O–H groups in total. The molecule has 0 radical (unpaired) electrons. The number of fused-ring (bicyclic) bond motifs is 1. The zero-order chi connectivity index (χ0) is 16.5. The molecule has 120 valence electrons. The molecular formula is C18H26N2O2. The van der Waals surface area contributed by atoms with E-state index in [1.165, 1.54) is 11.1 Å². The Hall–Kier alpha value is -1.84. The van der Waals surface area contributed by atoms with Crippen LogP contribution in [-0.2, 0) is 22.6 Å². The van der Waals surface area contributed by atoms with E-state index in [-0.39, 0.29) is 17.4 Å². The first kappa shape index (κ1) is 16.5. The van der Waals surface area contributed by atoms with Crippen LogP contribution in [0.25, 0.3) is 0 Å². The van der Waals surface area contributed by atoms with Gasteiger partial charge in [-0.05, 0) is 52.2 Å². The van der Waals surface area contributed by atoms with E-state index < -0.39 is 5.41 Å². The van der Waals surface area contributed by atoms with Gasteiger partial charge in [0.15, 0.2) is 0 Å². The maximum atomic E-state index is 12.8. The van der Waals surface area contributed by atoms with Crippen molar-refractivity contribution in [3.05, 3.63) is 35.4 Å². The van der Waals surface area contributed by atoms with Gasteiger partial charge in [-0.3, -0.25) is 9.59 Å². The standard InChI is InChI=1S/C18H26N2O2/c1-17(2,3)19-15(21)18(4,5)16(22)20-11-10-13-8-6-7-9-14(13)12-20/h6-9H,10-12H2,1-5H3,(H,19,21). The first-order valence-corrected chi connectivity index (χ1v) is 7.80. The number of carbonyl (C=O) groups excluding carboxylic acids is 2. The van der Waals surface area contributed by atoms with Gasteiger partial charge >= 0.3 is 0 Å². The number of nitrogens with zero attached hydrogens (tertiary/aromatic N) is 1. The zero-order valence-corrected chi connectivity index (χ0v) is 14.2. The Morgan fingerprint density at radius 2 is 1.64 bits per heavy atom. The molecule has 0 fully saturated rings. The summed E-state index contributed by atoms with van der Waals surface area (Å²) >= 11 is 0. The van der Waals surface area contributed by atoms with Crippen LogP contribution in [0.4, 0.5) is 0 Å². The maximum Gasteiger partial charge on any atom is 0.238 e. The van der Waals surface area contributed by atoms with Gasteiger partial charge < -0.3 is 10.2 Å². The lowest BCUT2D eigenvalue weighted by Gasteiger charge is -2.36. The molecule has 22 heavy (non-hydrogen) atoms. The van der Waals surface area contributed by atoms with Crippen molar-refractivity contribution in [1.82, 2.24) is 10.2 Å². The second-order valence-electron chi connectivity index (χ2n) is 7.57. The molecule has 2 amide bonds. The summed E-state index contributed by atoms with van der Waals surface area (Å²) < 4.78 is 0. The molecule has 0 aromatic heterocycles. The number of nitrogens with one attached hydrogen (secondary N) is 1. The fourth-order valence-electron chi connectivity index (χ4n) is 2.66. The van der Waals surface area contributed by atoms with Crippen molar-refractivity contribution in [2.75, 3.05) is 6.54 Å². The molecule has 0 aliphatic carbocycles. The molecule has 1 aromatic rings. The lowest BCUT2D eigenvalue weighted by molar-refractivity contribution is -0.149. The van der Waals surface area contributed by atoms with Gasteiger partial charge in [0.05, 0.1) is 0 Å². The van der Waals surface area contributed by atoms with Crippen LogP contribution in [0.2, 0.25) is 0 Å². The predicted molar refractivity (Wildman–Crippen MR) is 87.2 cm³/mol. The molecule has 1 aliphatic heterocycles. The van der Waals surface area contributed by atoms with Crippen LogP contribution >= 0.6 is 0 Å². The van der Waals surface area contributed by atoms with Crippen LogP contribution in [0.1, 0.15) is 45.7 Å². The van der Waals surface area contributed by atoms with E-state index in [0.717, 1.165) is 6.42 Å². The van der Waals surface area contributed by atoms with Gasteiger partial charge in [-0.1, -0.05) is 24.3 Å². The summed E-state index contributed by atoms with van der Waals surface area (Å²) in [7, 11) is 0. The first-order valence-electron chi connectivity index (χ1n) is 7.80. The molecule has 0 spiro atoms. The summed E-state index contributed by atoms with van der Waals surface area (Å²) in [4.78, 5) is 27.1. The van der Waals surface area contributed by atoms with Gasteiger partial charge in [0.1, 0.15) is 5.41 Å². The highest BCUT2D eigenvalue weighted by atomic mass is 16.2. The normalized spacial score (nSPS) is 15.2. The van der Waals surface area contributed by atoms with Crippen molar-refractivity contribution in [3.8, 4) is 0 Å². The van der Waals surface area contributed by atoms with Gasteiger partial charge in [-0.25, -0.2) is 0 Å². The van der Waals surface area contributed by atoms with Gasteiger partial charge in [-0.15, -0.1) is 0 Å². The second-order valence-corrected chi connectivity index (χ2v) is 7.57. The van der Waals surface area contributed by atoms with Crippen LogP contribution in [0.3, 0.4) is 0 Å². The van der Waals surface area contributed by atoms with E-state index in [1.807, 2.05) is 32.9 Å². The summed E-state index contributed by atoms with van der Waals surface area (Å²) in [6.07, 6.45) is 0.846. The molecule has 4 nitrogen and oxygen atoms in total. The molecule has 1 aliphatic rings. The van der Waals surface area contributed by atoms with Gasteiger partial charge in [-0.2, -0.15) is 0 Å². The Bertz CT molecular complexity index is 585. The van der Waals surface area contributed by atoms with Crippen molar-refractivity contribution in [1.29, 1.82) is 0 Å². The van der Waals surface area contributed by atoms with Crippen LogP contribution in [0, 0.1) is 5.41 Å². The fraction of sp³-hybridized carbons (Fsp3) is 0.556. The largest absolute Gasteiger partial charge is 0.351 e. The smallest absolute Gasteiger partial charge is 0.238 e.